The fourth-order valence-corrected chi connectivity index (χ4v) is 3.25. The summed E-state index contributed by atoms with van der Waals surface area (Å²) in [4.78, 5) is 0. The number of hydrogen-bond donors (Lipinski definition) is 1. The second-order valence-corrected chi connectivity index (χ2v) is 5.67. The highest BCUT2D eigenvalue weighted by molar-refractivity contribution is 8.00. The van der Waals surface area contributed by atoms with Gasteiger partial charge in [0.25, 0.3) is 0 Å². The molecule has 78 valence electrons. The monoisotopic (exact) mass is 201 g/mol. The van der Waals surface area contributed by atoms with Gasteiger partial charge in [-0.05, 0) is 30.9 Å². The minimum atomic E-state index is 0.445. The van der Waals surface area contributed by atoms with Gasteiger partial charge in [-0.15, -0.1) is 0 Å². The third-order valence-electron chi connectivity index (χ3n) is 3.06. The molecule has 3 unspecified atom stereocenters. The molecule has 1 saturated heterocycles. The molecular formula is C11H23NS. The van der Waals surface area contributed by atoms with Crippen LogP contribution in [0.15, 0.2) is 0 Å². The second-order valence-electron chi connectivity index (χ2n) is 4.32. The Hall–Kier alpha value is 0.310. The molecule has 0 aromatic carbocycles. The Morgan fingerprint density at radius 2 is 2.23 bits per heavy atom. The van der Waals surface area contributed by atoms with Gasteiger partial charge in [-0.25, -0.2) is 0 Å². The summed E-state index contributed by atoms with van der Waals surface area (Å²) >= 11 is 2.10. The Balaban J connectivity index is 2.24. The topological polar surface area (TPSA) is 26.0 Å². The molecule has 0 aromatic rings. The van der Waals surface area contributed by atoms with E-state index in [1.807, 2.05) is 0 Å². The largest absolute Gasteiger partial charge is 0.327 e. The van der Waals surface area contributed by atoms with Crippen molar-refractivity contribution >= 4 is 11.8 Å². The Labute approximate surface area is 86.8 Å². The summed E-state index contributed by atoms with van der Waals surface area (Å²) in [6, 6.07) is 0.445. The zero-order valence-electron chi connectivity index (χ0n) is 8.96. The Morgan fingerprint density at radius 3 is 2.77 bits per heavy atom. The summed E-state index contributed by atoms with van der Waals surface area (Å²) < 4.78 is 0. The van der Waals surface area contributed by atoms with E-state index < -0.39 is 0 Å². The molecule has 0 saturated carbocycles. The van der Waals surface area contributed by atoms with Crippen molar-refractivity contribution in [2.24, 2.45) is 11.7 Å². The van der Waals surface area contributed by atoms with Crippen LogP contribution < -0.4 is 5.73 Å². The molecule has 1 fully saturated rings. The van der Waals surface area contributed by atoms with E-state index in [0.717, 1.165) is 11.2 Å². The quantitative estimate of drug-likeness (QED) is 0.756. The summed E-state index contributed by atoms with van der Waals surface area (Å²) in [5, 5.41) is 0.753. The van der Waals surface area contributed by atoms with Crippen molar-refractivity contribution in [3.63, 3.8) is 0 Å². The summed E-state index contributed by atoms with van der Waals surface area (Å²) in [6.07, 6.45) is 6.63. The van der Waals surface area contributed by atoms with E-state index in [1.54, 1.807) is 0 Å². The van der Waals surface area contributed by atoms with Crippen LogP contribution in [0.5, 0.6) is 0 Å². The first kappa shape index (κ1) is 11.4. The molecule has 1 aliphatic heterocycles. The van der Waals surface area contributed by atoms with Gasteiger partial charge in [-0.3, -0.25) is 0 Å². The third-order valence-corrected chi connectivity index (χ3v) is 4.60. The first-order valence-electron chi connectivity index (χ1n) is 5.61. The molecule has 0 aliphatic carbocycles. The molecule has 1 nitrogen and oxygen atoms in total. The molecule has 0 bridgehead atoms. The molecule has 3 atom stereocenters. The second kappa shape index (κ2) is 5.92. The Kier molecular flexibility index (Phi) is 5.18. The van der Waals surface area contributed by atoms with Gasteiger partial charge in [0.05, 0.1) is 0 Å². The zero-order chi connectivity index (χ0) is 9.68. The van der Waals surface area contributed by atoms with E-state index >= 15 is 0 Å². The minimum Gasteiger partial charge on any atom is -0.327 e. The van der Waals surface area contributed by atoms with Gasteiger partial charge in [-0.2, -0.15) is 11.8 Å². The van der Waals surface area contributed by atoms with Crippen molar-refractivity contribution in [2.75, 3.05) is 5.75 Å². The maximum Gasteiger partial charge on any atom is 0.0199 e. The van der Waals surface area contributed by atoms with Gasteiger partial charge in [0.1, 0.15) is 0 Å². The fourth-order valence-electron chi connectivity index (χ4n) is 1.89. The lowest BCUT2D eigenvalue weighted by atomic mass is 9.96. The first-order valence-corrected chi connectivity index (χ1v) is 6.66. The fraction of sp³-hybridized carbons (Fsp3) is 1.00. The first-order chi connectivity index (χ1) is 6.24. The molecular weight excluding hydrogens is 178 g/mol. The van der Waals surface area contributed by atoms with Crippen LogP contribution in [0.3, 0.4) is 0 Å². The van der Waals surface area contributed by atoms with E-state index in [-0.39, 0.29) is 0 Å². The molecule has 0 spiro atoms. The Morgan fingerprint density at radius 1 is 1.46 bits per heavy atom. The molecule has 2 N–H and O–H groups in total. The lowest BCUT2D eigenvalue weighted by molar-refractivity contribution is 0.428. The van der Waals surface area contributed by atoms with Crippen molar-refractivity contribution in [3.05, 3.63) is 0 Å². The van der Waals surface area contributed by atoms with Gasteiger partial charge in [0.2, 0.25) is 0 Å². The lowest BCUT2D eigenvalue weighted by Gasteiger charge is -2.28. The number of nitrogens with two attached hydrogens (primary N) is 1. The highest BCUT2D eigenvalue weighted by Gasteiger charge is 2.21. The minimum absolute atomic E-state index is 0.445. The van der Waals surface area contributed by atoms with Crippen molar-refractivity contribution < 1.29 is 0 Å². The maximum atomic E-state index is 6.20. The third kappa shape index (κ3) is 3.90. The van der Waals surface area contributed by atoms with Crippen LogP contribution >= 0.6 is 11.8 Å². The molecule has 1 rings (SSSR count). The molecule has 0 amide bonds. The van der Waals surface area contributed by atoms with Gasteiger partial charge < -0.3 is 5.73 Å². The van der Waals surface area contributed by atoms with Gasteiger partial charge >= 0.3 is 0 Å². The highest BCUT2D eigenvalue weighted by Crippen LogP contribution is 2.29. The maximum absolute atomic E-state index is 6.20. The smallest absolute Gasteiger partial charge is 0.0199 e. The summed E-state index contributed by atoms with van der Waals surface area (Å²) in [5.74, 6) is 2.14. The SMILES string of the molecule is CCC(C)CC(N)C1CCCCS1. The van der Waals surface area contributed by atoms with Crippen LogP contribution in [0.1, 0.15) is 46.0 Å². The van der Waals surface area contributed by atoms with Crippen LogP contribution in [0.25, 0.3) is 0 Å². The predicted octanol–water partition coefficient (Wildman–Crippen LogP) is 3.04. The predicted molar refractivity (Wildman–Crippen MR) is 62.1 cm³/mol. The number of thioether (sulfide) groups is 1. The summed E-state index contributed by atoms with van der Waals surface area (Å²) in [6.45, 7) is 4.57. The van der Waals surface area contributed by atoms with Gasteiger partial charge in [0.15, 0.2) is 0 Å². The van der Waals surface area contributed by atoms with E-state index in [4.69, 9.17) is 5.73 Å². The molecule has 1 heterocycles. The van der Waals surface area contributed by atoms with E-state index in [0.29, 0.717) is 6.04 Å². The average molecular weight is 201 g/mol. The van der Waals surface area contributed by atoms with Crippen LogP contribution in [0.2, 0.25) is 0 Å². The van der Waals surface area contributed by atoms with Crippen LogP contribution in [0.4, 0.5) is 0 Å². The van der Waals surface area contributed by atoms with Crippen molar-refractivity contribution in [2.45, 2.75) is 57.2 Å². The zero-order valence-corrected chi connectivity index (χ0v) is 9.78. The van der Waals surface area contributed by atoms with Gasteiger partial charge in [0, 0.05) is 11.3 Å². The standard InChI is InChI=1S/C11H23NS/c1-3-9(2)8-10(12)11-6-4-5-7-13-11/h9-11H,3-8,12H2,1-2H3. The molecule has 2 heteroatoms. The van der Waals surface area contributed by atoms with Gasteiger partial charge in [-0.1, -0.05) is 26.7 Å². The molecule has 1 aliphatic rings. The van der Waals surface area contributed by atoms with Crippen molar-refractivity contribution in [3.8, 4) is 0 Å². The summed E-state index contributed by atoms with van der Waals surface area (Å²) in [5.41, 5.74) is 6.20. The molecule has 0 radical (unpaired) electrons. The normalized spacial score (nSPS) is 28.4. The average Bonchev–Trinajstić information content (AvgIpc) is 2.19. The van der Waals surface area contributed by atoms with E-state index in [9.17, 15) is 0 Å². The van der Waals surface area contributed by atoms with Crippen molar-refractivity contribution in [1.82, 2.24) is 0 Å². The highest BCUT2D eigenvalue weighted by atomic mass is 32.2. The van der Waals surface area contributed by atoms with Crippen LogP contribution in [0, 0.1) is 5.92 Å². The van der Waals surface area contributed by atoms with E-state index in [2.05, 4.69) is 25.6 Å². The molecule has 13 heavy (non-hydrogen) atoms. The molecule has 0 aromatic heterocycles. The summed E-state index contributed by atoms with van der Waals surface area (Å²) in [7, 11) is 0. The van der Waals surface area contributed by atoms with Crippen molar-refractivity contribution in [1.29, 1.82) is 0 Å². The Bertz CT molecular complexity index is 132. The van der Waals surface area contributed by atoms with E-state index in [1.165, 1.54) is 37.9 Å². The van der Waals surface area contributed by atoms with Crippen LogP contribution in [-0.2, 0) is 0 Å². The number of hydrogen-bond acceptors (Lipinski definition) is 2. The lowest BCUT2D eigenvalue weighted by Crippen LogP contribution is -2.35. The number of rotatable bonds is 4. The van der Waals surface area contributed by atoms with Crippen LogP contribution in [-0.4, -0.2) is 17.0 Å².